The Kier molecular flexibility index (Phi) is 8.99. The van der Waals surface area contributed by atoms with Crippen LogP contribution >= 0.6 is 0 Å². The van der Waals surface area contributed by atoms with E-state index < -0.39 is 0 Å². The minimum Gasteiger partial charge on any atom is -0.0683 e. The molecule has 0 heteroatoms. The standard InChI is InChI=1S/C12H16.2C2H6/c1-2-5-10-8-9-11-6-3-4-7-12(10)11;2*1-2/h3-4,6-7,10H,2,5,8-9H2,1H3;2*1-2H3. The Balaban J connectivity index is 0.000000509. The van der Waals surface area contributed by atoms with Crippen LogP contribution in [0.2, 0.25) is 0 Å². The lowest BCUT2D eigenvalue weighted by Gasteiger charge is -2.08. The molecule has 16 heavy (non-hydrogen) atoms. The Labute approximate surface area is 102 Å². The zero-order valence-corrected chi connectivity index (χ0v) is 11.7. The summed E-state index contributed by atoms with van der Waals surface area (Å²) in [5.41, 5.74) is 3.22. The molecule has 0 spiro atoms. The smallest absolute Gasteiger partial charge is 0.0156 e. The highest BCUT2D eigenvalue weighted by Gasteiger charge is 2.20. The quantitative estimate of drug-likeness (QED) is 0.611. The summed E-state index contributed by atoms with van der Waals surface area (Å²) < 4.78 is 0. The van der Waals surface area contributed by atoms with Gasteiger partial charge >= 0.3 is 0 Å². The fraction of sp³-hybridized carbons (Fsp3) is 0.625. The molecule has 0 aromatic heterocycles. The van der Waals surface area contributed by atoms with Gasteiger partial charge in [-0.15, -0.1) is 0 Å². The number of hydrogen-bond acceptors (Lipinski definition) is 0. The van der Waals surface area contributed by atoms with E-state index in [-0.39, 0.29) is 0 Å². The molecule has 1 atom stereocenters. The monoisotopic (exact) mass is 220 g/mol. The molecule has 0 fully saturated rings. The summed E-state index contributed by atoms with van der Waals surface area (Å²) in [7, 11) is 0. The molecule has 1 aromatic carbocycles. The first-order valence-electron chi connectivity index (χ1n) is 6.99. The van der Waals surface area contributed by atoms with Crippen LogP contribution in [0.4, 0.5) is 0 Å². The average Bonchev–Trinajstić information content (AvgIpc) is 2.79. The summed E-state index contributed by atoms with van der Waals surface area (Å²) in [6, 6.07) is 8.92. The minimum atomic E-state index is 0.867. The topological polar surface area (TPSA) is 0 Å². The molecule has 0 aliphatic heterocycles. The minimum absolute atomic E-state index is 0.867. The summed E-state index contributed by atoms with van der Waals surface area (Å²) in [5, 5.41) is 0. The van der Waals surface area contributed by atoms with Crippen LogP contribution in [-0.4, -0.2) is 0 Å². The van der Waals surface area contributed by atoms with Crippen LogP contribution in [0.3, 0.4) is 0 Å². The number of fused-ring (bicyclic) bond motifs is 1. The zero-order chi connectivity index (χ0) is 12.4. The van der Waals surface area contributed by atoms with E-state index in [0.29, 0.717) is 0 Å². The number of benzene rings is 1. The molecule has 1 aliphatic rings. The van der Waals surface area contributed by atoms with Gasteiger partial charge in [0.25, 0.3) is 0 Å². The Morgan fingerprint density at radius 2 is 1.69 bits per heavy atom. The highest BCUT2D eigenvalue weighted by Crippen LogP contribution is 2.35. The van der Waals surface area contributed by atoms with Crippen molar-refractivity contribution in [3.8, 4) is 0 Å². The predicted molar refractivity (Wildman–Crippen MR) is 75.1 cm³/mol. The summed E-state index contributed by atoms with van der Waals surface area (Å²) in [6.45, 7) is 10.3. The molecule has 0 nitrogen and oxygen atoms in total. The van der Waals surface area contributed by atoms with E-state index in [1.807, 2.05) is 27.7 Å². The third kappa shape index (κ3) is 4.00. The second-order valence-electron chi connectivity index (χ2n) is 3.72. The summed E-state index contributed by atoms with van der Waals surface area (Å²) >= 11 is 0. The van der Waals surface area contributed by atoms with Crippen LogP contribution in [0.25, 0.3) is 0 Å². The summed E-state index contributed by atoms with van der Waals surface area (Å²) in [5.74, 6) is 0.867. The molecule has 0 saturated carbocycles. The first kappa shape index (κ1) is 15.2. The van der Waals surface area contributed by atoms with E-state index in [1.54, 1.807) is 11.1 Å². The van der Waals surface area contributed by atoms with Gasteiger partial charge in [0.1, 0.15) is 0 Å². The Morgan fingerprint density at radius 3 is 2.31 bits per heavy atom. The number of rotatable bonds is 2. The highest BCUT2D eigenvalue weighted by molar-refractivity contribution is 5.34. The van der Waals surface area contributed by atoms with Crippen molar-refractivity contribution in [1.82, 2.24) is 0 Å². The Hall–Kier alpha value is -0.780. The maximum Gasteiger partial charge on any atom is -0.0156 e. The van der Waals surface area contributed by atoms with Crippen molar-refractivity contribution in [2.24, 2.45) is 0 Å². The van der Waals surface area contributed by atoms with Crippen LogP contribution in [0.5, 0.6) is 0 Å². The largest absolute Gasteiger partial charge is 0.0683 e. The van der Waals surface area contributed by atoms with E-state index in [4.69, 9.17) is 0 Å². The van der Waals surface area contributed by atoms with Gasteiger partial charge in [-0.25, -0.2) is 0 Å². The first-order chi connectivity index (χ1) is 7.92. The second-order valence-corrected chi connectivity index (χ2v) is 3.72. The molecular formula is C16H28. The van der Waals surface area contributed by atoms with Gasteiger partial charge in [0.15, 0.2) is 0 Å². The van der Waals surface area contributed by atoms with Gasteiger partial charge in [0.05, 0.1) is 0 Å². The molecule has 0 heterocycles. The summed E-state index contributed by atoms with van der Waals surface area (Å²) in [4.78, 5) is 0. The van der Waals surface area contributed by atoms with Gasteiger partial charge in [-0.05, 0) is 36.3 Å². The van der Waals surface area contributed by atoms with Gasteiger partial charge in [-0.2, -0.15) is 0 Å². The van der Waals surface area contributed by atoms with Crippen molar-refractivity contribution in [2.75, 3.05) is 0 Å². The molecule has 0 bridgehead atoms. The van der Waals surface area contributed by atoms with E-state index in [9.17, 15) is 0 Å². The molecule has 0 saturated heterocycles. The lowest BCUT2D eigenvalue weighted by molar-refractivity contribution is 0.608. The number of hydrogen-bond donors (Lipinski definition) is 0. The van der Waals surface area contributed by atoms with E-state index in [1.165, 1.54) is 25.7 Å². The molecule has 92 valence electrons. The molecular weight excluding hydrogens is 192 g/mol. The van der Waals surface area contributed by atoms with Gasteiger partial charge in [0.2, 0.25) is 0 Å². The SMILES string of the molecule is CC.CC.CCCC1CCc2ccccc21. The van der Waals surface area contributed by atoms with Crippen molar-refractivity contribution < 1.29 is 0 Å². The van der Waals surface area contributed by atoms with E-state index >= 15 is 0 Å². The van der Waals surface area contributed by atoms with Gasteiger partial charge < -0.3 is 0 Å². The Bertz CT molecular complexity index is 260. The van der Waals surface area contributed by atoms with Crippen LogP contribution < -0.4 is 0 Å². The Morgan fingerprint density at radius 1 is 1.06 bits per heavy atom. The molecule has 1 aliphatic carbocycles. The lowest BCUT2D eigenvalue weighted by Crippen LogP contribution is -1.91. The van der Waals surface area contributed by atoms with E-state index in [0.717, 1.165) is 5.92 Å². The molecule has 1 aromatic rings. The normalized spacial score (nSPS) is 16.4. The second kappa shape index (κ2) is 9.45. The first-order valence-corrected chi connectivity index (χ1v) is 6.99. The fourth-order valence-corrected chi connectivity index (χ4v) is 2.29. The van der Waals surface area contributed by atoms with Crippen molar-refractivity contribution in [2.45, 2.75) is 66.2 Å². The van der Waals surface area contributed by atoms with Crippen LogP contribution in [0, 0.1) is 0 Å². The molecule has 2 rings (SSSR count). The third-order valence-corrected chi connectivity index (χ3v) is 2.89. The van der Waals surface area contributed by atoms with Gasteiger partial charge in [-0.3, -0.25) is 0 Å². The molecule has 1 unspecified atom stereocenters. The highest BCUT2D eigenvalue weighted by atomic mass is 14.2. The van der Waals surface area contributed by atoms with Gasteiger partial charge in [-0.1, -0.05) is 65.3 Å². The van der Waals surface area contributed by atoms with Crippen molar-refractivity contribution >= 4 is 0 Å². The van der Waals surface area contributed by atoms with Crippen molar-refractivity contribution in [1.29, 1.82) is 0 Å². The molecule has 0 radical (unpaired) electrons. The fourth-order valence-electron chi connectivity index (χ4n) is 2.29. The van der Waals surface area contributed by atoms with Gasteiger partial charge in [0, 0.05) is 0 Å². The maximum absolute atomic E-state index is 2.31. The van der Waals surface area contributed by atoms with Crippen molar-refractivity contribution in [3.63, 3.8) is 0 Å². The van der Waals surface area contributed by atoms with E-state index in [2.05, 4.69) is 31.2 Å². The third-order valence-electron chi connectivity index (χ3n) is 2.89. The lowest BCUT2D eigenvalue weighted by atomic mass is 9.97. The van der Waals surface area contributed by atoms with Crippen molar-refractivity contribution in [3.05, 3.63) is 35.4 Å². The van der Waals surface area contributed by atoms with Crippen LogP contribution in [0.15, 0.2) is 24.3 Å². The van der Waals surface area contributed by atoms with Crippen LogP contribution in [-0.2, 0) is 6.42 Å². The molecule has 0 amide bonds. The average molecular weight is 220 g/mol. The molecule has 0 N–H and O–H groups in total. The van der Waals surface area contributed by atoms with Crippen LogP contribution in [0.1, 0.15) is 70.9 Å². The number of aryl methyl sites for hydroxylation is 1. The zero-order valence-electron chi connectivity index (χ0n) is 11.7. The predicted octanol–water partition coefficient (Wildman–Crippen LogP) is 5.57. The summed E-state index contributed by atoms with van der Waals surface area (Å²) in [6.07, 6.45) is 5.38. The maximum atomic E-state index is 2.31.